The first kappa shape index (κ1) is 17.4. The van der Waals surface area contributed by atoms with Gasteiger partial charge in [0.25, 0.3) is 5.69 Å². The van der Waals surface area contributed by atoms with Gasteiger partial charge in [0.2, 0.25) is 11.7 Å². The van der Waals surface area contributed by atoms with Gasteiger partial charge in [-0.3, -0.25) is 15.1 Å². The van der Waals surface area contributed by atoms with E-state index in [0.29, 0.717) is 41.2 Å². The van der Waals surface area contributed by atoms with Crippen molar-refractivity contribution >= 4 is 23.0 Å². The molecular formula is C18H16ClN5O3. The number of pyridine rings is 1. The molecule has 3 heterocycles. The molecule has 0 saturated carbocycles. The molecule has 2 aromatic heterocycles. The molecule has 0 radical (unpaired) electrons. The summed E-state index contributed by atoms with van der Waals surface area (Å²) in [5.41, 5.74) is 1.28. The first-order valence-electron chi connectivity index (χ1n) is 8.56. The van der Waals surface area contributed by atoms with Crippen molar-refractivity contribution in [2.45, 2.75) is 18.8 Å². The van der Waals surface area contributed by atoms with E-state index in [9.17, 15) is 10.1 Å². The van der Waals surface area contributed by atoms with Gasteiger partial charge in [-0.25, -0.2) is 0 Å². The summed E-state index contributed by atoms with van der Waals surface area (Å²) in [5, 5.41) is 15.7. The molecular weight excluding hydrogens is 370 g/mol. The number of aromatic nitrogens is 3. The first-order valence-corrected chi connectivity index (χ1v) is 8.93. The van der Waals surface area contributed by atoms with Gasteiger partial charge in [-0.15, -0.1) is 0 Å². The molecule has 1 aliphatic rings. The van der Waals surface area contributed by atoms with Gasteiger partial charge in [0.05, 0.1) is 4.92 Å². The number of hydrogen-bond donors (Lipinski definition) is 0. The number of nitro groups is 1. The number of piperidine rings is 1. The lowest BCUT2D eigenvalue weighted by molar-refractivity contribution is -0.384. The number of hydrogen-bond acceptors (Lipinski definition) is 7. The topological polar surface area (TPSA) is 98.2 Å². The fraction of sp³-hybridized carbons (Fsp3) is 0.278. The van der Waals surface area contributed by atoms with Crippen LogP contribution >= 0.6 is 11.6 Å². The molecule has 9 heteroatoms. The van der Waals surface area contributed by atoms with E-state index in [2.05, 4.69) is 15.1 Å². The van der Waals surface area contributed by atoms with Gasteiger partial charge in [-0.2, -0.15) is 4.98 Å². The number of anilines is 1. The molecule has 1 aliphatic heterocycles. The average molecular weight is 386 g/mol. The van der Waals surface area contributed by atoms with Gasteiger partial charge >= 0.3 is 0 Å². The molecule has 8 nitrogen and oxygen atoms in total. The molecule has 3 aromatic rings. The van der Waals surface area contributed by atoms with Crippen molar-refractivity contribution in [3.05, 3.63) is 63.6 Å². The summed E-state index contributed by atoms with van der Waals surface area (Å²) in [6, 6.07) is 10.3. The summed E-state index contributed by atoms with van der Waals surface area (Å²) in [6.07, 6.45) is 3.22. The third-order valence-corrected chi connectivity index (χ3v) is 4.89. The minimum absolute atomic E-state index is 0.0242. The molecule has 0 unspecified atom stereocenters. The molecule has 0 aliphatic carbocycles. The third-order valence-electron chi connectivity index (χ3n) is 4.65. The molecule has 1 fully saturated rings. The summed E-state index contributed by atoms with van der Waals surface area (Å²) in [7, 11) is 0. The maximum Gasteiger partial charge on any atom is 0.294 e. The Kier molecular flexibility index (Phi) is 4.72. The summed E-state index contributed by atoms with van der Waals surface area (Å²) < 4.78 is 5.43. The Labute approximate surface area is 159 Å². The Balaban J connectivity index is 1.47. The normalized spacial score (nSPS) is 15.1. The van der Waals surface area contributed by atoms with Gasteiger partial charge in [-0.05, 0) is 37.1 Å². The highest BCUT2D eigenvalue weighted by molar-refractivity contribution is 6.30. The molecule has 0 amide bonds. The highest BCUT2D eigenvalue weighted by Crippen LogP contribution is 2.35. The van der Waals surface area contributed by atoms with Gasteiger partial charge < -0.3 is 9.42 Å². The predicted molar refractivity (Wildman–Crippen MR) is 99.8 cm³/mol. The predicted octanol–water partition coefficient (Wildman–Crippen LogP) is 4.08. The molecule has 27 heavy (non-hydrogen) atoms. The van der Waals surface area contributed by atoms with Crippen molar-refractivity contribution in [1.82, 2.24) is 15.1 Å². The lowest BCUT2D eigenvalue weighted by Gasteiger charge is -2.31. The van der Waals surface area contributed by atoms with Gasteiger partial charge in [-0.1, -0.05) is 22.8 Å². The lowest BCUT2D eigenvalue weighted by atomic mass is 9.96. The molecule has 0 spiro atoms. The van der Waals surface area contributed by atoms with Crippen LogP contribution in [0.5, 0.6) is 0 Å². The lowest BCUT2D eigenvalue weighted by Crippen LogP contribution is -2.33. The maximum absolute atomic E-state index is 11.3. The quantitative estimate of drug-likeness (QED) is 0.493. The smallest absolute Gasteiger partial charge is 0.294 e. The van der Waals surface area contributed by atoms with Crippen molar-refractivity contribution in [3.63, 3.8) is 0 Å². The van der Waals surface area contributed by atoms with Gasteiger partial charge in [0.15, 0.2) is 0 Å². The second-order valence-corrected chi connectivity index (χ2v) is 6.76. The fourth-order valence-electron chi connectivity index (χ4n) is 3.28. The zero-order chi connectivity index (χ0) is 18.8. The number of nitro benzene ring substituents is 1. The zero-order valence-electron chi connectivity index (χ0n) is 14.3. The number of nitrogens with zero attached hydrogens (tertiary/aromatic N) is 5. The monoisotopic (exact) mass is 385 g/mol. The molecule has 4 rings (SSSR count). The second kappa shape index (κ2) is 7.32. The van der Waals surface area contributed by atoms with Crippen LogP contribution in [0.3, 0.4) is 0 Å². The fourth-order valence-corrected chi connectivity index (χ4v) is 3.44. The Hall–Kier alpha value is -3.00. The Morgan fingerprint density at radius 3 is 2.74 bits per heavy atom. The van der Waals surface area contributed by atoms with Gasteiger partial charge in [0, 0.05) is 36.3 Å². The minimum atomic E-state index is -0.398. The van der Waals surface area contributed by atoms with Crippen LogP contribution in [0.25, 0.3) is 11.5 Å². The SMILES string of the molecule is O=[N+]([O-])c1cc(Cl)ccc1N1CCC(c2nc(-c3ccccn3)no2)CC1. The van der Waals surface area contributed by atoms with Crippen LogP contribution in [0.4, 0.5) is 11.4 Å². The van der Waals surface area contributed by atoms with Crippen LogP contribution in [-0.4, -0.2) is 33.1 Å². The zero-order valence-corrected chi connectivity index (χ0v) is 15.0. The number of benzene rings is 1. The Morgan fingerprint density at radius 2 is 2.04 bits per heavy atom. The summed E-state index contributed by atoms with van der Waals surface area (Å²) in [6.45, 7) is 1.32. The molecule has 0 atom stereocenters. The highest BCUT2D eigenvalue weighted by atomic mass is 35.5. The molecule has 138 valence electrons. The van der Waals surface area contributed by atoms with E-state index >= 15 is 0 Å². The minimum Gasteiger partial charge on any atom is -0.366 e. The van der Waals surface area contributed by atoms with Crippen molar-refractivity contribution in [2.24, 2.45) is 0 Å². The third kappa shape index (κ3) is 3.61. The Bertz CT molecular complexity index is 955. The first-order chi connectivity index (χ1) is 13.1. The molecule has 0 N–H and O–H groups in total. The summed E-state index contributed by atoms with van der Waals surface area (Å²) >= 11 is 5.90. The van der Waals surface area contributed by atoms with E-state index in [1.165, 1.54) is 6.07 Å². The van der Waals surface area contributed by atoms with E-state index in [0.717, 1.165) is 12.8 Å². The number of halogens is 1. The van der Waals surface area contributed by atoms with E-state index in [1.54, 1.807) is 18.3 Å². The van der Waals surface area contributed by atoms with Crippen molar-refractivity contribution < 1.29 is 9.45 Å². The van der Waals surface area contributed by atoms with Crippen molar-refractivity contribution in [1.29, 1.82) is 0 Å². The molecule has 0 bridgehead atoms. The average Bonchev–Trinajstić information content (AvgIpc) is 3.19. The van der Waals surface area contributed by atoms with Crippen LogP contribution in [0.1, 0.15) is 24.7 Å². The second-order valence-electron chi connectivity index (χ2n) is 6.32. The Morgan fingerprint density at radius 1 is 1.22 bits per heavy atom. The van der Waals surface area contributed by atoms with Crippen LogP contribution in [0.15, 0.2) is 47.1 Å². The van der Waals surface area contributed by atoms with Crippen LogP contribution in [0.2, 0.25) is 5.02 Å². The number of rotatable bonds is 4. The van der Waals surface area contributed by atoms with E-state index in [4.69, 9.17) is 16.1 Å². The largest absolute Gasteiger partial charge is 0.366 e. The maximum atomic E-state index is 11.3. The van der Waals surface area contributed by atoms with Crippen LogP contribution in [-0.2, 0) is 0 Å². The van der Waals surface area contributed by atoms with E-state index in [-0.39, 0.29) is 11.6 Å². The van der Waals surface area contributed by atoms with Crippen molar-refractivity contribution in [2.75, 3.05) is 18.0 Å². The van der Waals surface area contributed by atoms with Crippen LogP contribution < -0.4 is 4.90 Å². The van der Waals surface area contributed by atoms with E-state index < -0.39 is 4.92 Å². The van der Waals surface area contributed by atoms with Crippen LogP contribution in [0, 0.1) is 10.1 Å². The van der Waals surface area contributed by atoms with Gasteiger partial charge in [0.1, 0.15) is 11.4 Å². The standard InChI is InChI=1S/C18H16ClN5O3/c19-13-4-5-15(16(11-13)24(25)26)23-9-6-12(7-10-23)18-21-17(22-27-18)14-3-1-2-8-20-14/h1-5,8,11-12H,6-7,9-10H2. The molecule has 1 saturated heterocycles. The van der Waals surface area contributed by atoms with E-state index in [1.807, 2.05) is 23.1 Å². The summed E-state index contributed by atoms with van der Waals surface area (Å²) in [4.78, 5) is 21.6. The van der Waals surface area contributed by atoms with Crippen molar-refractivity contribution in [3.8, 4) is 11.5 Å². The highest BCUT2D eigenvalue weighted by Gasteiger charge is 2.28. The summed E-state index contributed by atoms with van der Waals surface area (Å²) in [5.74, 6) is 1.18. The molecule has 1 aromatic carbocycles.